The molecule has 7 heteroatoms. The van der Waals surface area contributed by atoms with E-state index in [-0.39, 0.29) is 47.6 Å². The van der Waals surface area contributed by atoms with Crippen molar-refractivity contribution in [2.45, 2.75) is 96.6 Å². The average molecular weight is 449 g/mol. The van der Waals surface area contributed by atoms with Gasteiger partial charge in [0.15, 0.2) is 0 Å². The summed E-state index contributed by atoms with van der Waals surface area (Å²) in [4.78, 5) is 36.5. The molecule has 1 spiro atoms. The summed E-state index contributed by atoms with van der Waals surface area (Å²) in [6, 6.07) is 0. The zero-order valence-corrected chi connectivity index (χ0v) is 19.8. The minimum atomic E-state index is -0.574. The molecular formula is C25H36O7. The highest BCUT2D eigenvalue weighted by Crippen LogP contribution is 2.76. The van der Waals surface area contributed by atoms with E-state index in [1.807, 2.05) is 0 Å². The summed E-state index contributed by atoms with van der Waals surface area (Å²) in [5, 5.41) is 0. The molecule has 1 saturated heterocycles. The SMILES string of the molecule is COC(=O)[C@@H]1C[C@@H]2O[C@]23[C@H]2CC[C@H]4C[C@@H](OC(C)=O)CC[C@]4(C)[C@@H]2C[C@@H](OC(C)=O)[C@@]13C. The Bertz CT molecular complexity index is 840. The van der Waals surface area contributed by atoms with Crippen molar-refractivity contribution >= 4 is 17.9 Å². The van der Waals surface area contributed by atoms with Crippen molar-refractivity contribution in [2.24, 2.45) is 34.5 Å². The number of carbonyl (C=O) groups is 3. The van der Waals surface area contributed by atoms with Crippen molar-refractivity contribution < 1.29 is 33.3 Å². The first-order valence-corrected chi connectivity index (χ1v) is 12.2. The number of hydrogen-bond donors (Lipinski definition) is 0. The van der Waals surface area contributed by atoms with Crippen LogP contribution in [0.15, 0.2) is 0 Å². The molecule has 1 aliphatic heterocycles. The average Bonchev–Trinajstić information content (AvgIpc) is 3.38. The molecule has 178 valence electrons. The van der Waals surface area contributed by atoms with Gasteiger partial charge in [0.1, 0.15) is 17.8 Å². The Balaban J connectivity index is 1.49. The molecule has 7 nitrogen and oxygen atoms in total. The van der Waals surface area contributed by atoms with Crippen LogP contribution in [-0.2, 0) is 33.3 Å². The summed E-state index contributed by atoms with van der Waals surface area (Å²) >= 11 is 0. The molecule has 10 atom stereocenters. The van der Waals surface area contributed by atoms with Crippen LogP contribution in [-0.4, -0.2) is 48.9 Å². The zero-order chi connectivity index (χ0) is 23.1. The van der Waals surface area contributed by atoms with E-state index in [1.165, 1.54) is 21.0 Å². The molecule has 1 heterocycles. The molecule has 4 aliphatic carbocycles. The van der Waals surface area contributed by atoms with Crippen molar-refractivity contribution in [3.8, 4) is 0 Å². The Morgan fingerprint density at radius 2 is 1.62 bits per heavy atom. The fourth-order valence-electron chi connectivity index (χ4n) is 8.81. The Labute approximate surface area is 189 Å². The molecule has 0 amide bonds. The topological polar surface area (TPSA) is 91.4 Å². The van der Waals surface area contributed by atoms with Gasteiger partial charge in [0, 0.05) is 19.3 Å². The van der Waals surface area contributed by atoms with Gasteiger partial charge in [-0.05, 0) is 68.1 Å². The molecule has 0 unspecified atom stereocenters. The van der Waals surface area contributed by atoms with Gasteiger partial charge < -0.3 is 18.9 Å². The van der Waals surface area contributed by atoms with E-state index < -0.39 is 11.0 Å². The third kappa shape index (κ3) is 2.78. The maximum Gasteiger partial charge on any atom is 0.309 e. The van der Waals surface area contributed by atoms with Crippen molar-refractivity contribution in [1.82, 2.24) is 0 Å². The molecule has 5 aliphatic rings. The van der Waals surface area contributed by atoms with E-state index in [0.717, 1.165) is 38.5 Å². The molecule has 32 heavy (non-hydrogen) atoms. The van der Waals surface area contributed by atoms with Gasteiger partial charge in [0.2, 0.25) is 0 Å². The minimum absolute atomic E-state index is 0.00137. The van der Waals surface area contributed by atoms with Crippen LogP contribution in [0.5, 0.6) is 0 Å². The standard InChI is InChI=1S/C25H36O7/c1-13(26)30-16-8-9-23(3)15(10-16)6-7-17-18(23)11-20(31-14(2)27)24(4)19(22(28)29-5)12-21-25(17,24)32-21/h15-21H,6-12H2,1-5H3/t15-,16-,17-,18+,19-,20+,21-,23-,24+,25+/m0/s1. The number of rotatable bonds is 3. The van der Waals surface area contributed by atoms with Gasteiger partial charge in [-0.1, -0.05) is 13.8 Å². The highest BCUT2D eigenvalue weighted by molar-refractivity contribution is 5.75. The largest absolute Gasteiger partial charge is 0.469 e. The molecule has 0 aromatic carbocycles. The first-order chi connectivity index (χ1) is 15.1. The minimum Gasteiger partial charge on any atom is -0.469 e. The first-order valence-electron chi connectivity index (χ1n) is 12.2. The molecule has 0 aromatic heterocycles. The summed E-state index contributed by atoms with van der Waals surface area (Å²) in [5.74, 6) is 0.0958. The van der Waals surface area contributed by atoms with Gasteiger partial charge in [0.25, 0.3) is 0 Å². The normalized spacial score (nSPS) is 50.7. The molecule has 0 N–H and O–H groups in total. The second kappa shape index (κ2) is 7.18. The van der Waals surface area contributed by atoms with Crippen LogP contribution in [0.25, 0.3) is 0 Å². The monoisotopic (exact) mass is 448 g/mol. The molecule has 0 aromatic rings. The summed E-state index contributed by atoms with van der Waals surface area (Å²) in [6.07, 6.45) is 5.90. The Morgan fingerprint density at radius 1 is 0.906 bits per heavy atom. The number of fused-ring (bicyclic) bond motifs is 3. The summed E-state index contributed by atoms with van der Waals surface area (Å²) < 4.78 is 23.2. The van der Waals surface area contributed by atoms with Gasteiger partial charge in [-0.25, -0.2) is 0 Å². The summed E-state index contributed by atoms with van der Waals surface area (Å²) in [7, 11) is 1.43. The van der Waals surface area contributed by atoms with Crippen molar-refractivity contribution in [1.29, 1.82) is 0 Å². The maximum absolute atomic E-state index is 12.8. The smallest absolute Gasteiger partial charge is 0.309 e. The number of hydrogen-bond acceptors (Lipinski definition) is 7. The van der Waals surface area contributed by atoms with Crippen LogP contribution in [0, 0.1) is 34.5 Å². The number of epoxide rings is 1. The summed E-state index contributed by atoms with van der Waals surface area (Å²) in [6.45, 7) is 7.41. The Hall–Kier alpha value is -1.63. The Morgan fingerprint density at radius 3 is 2.28 bits per heavy atom. The number of ether oxygens (including phenoxy) is 4. The molecule has 5 fully saturated rings. The highest BCUT2D eigenvalue weighted by atomic mass is 16.6. The third-order valence-corrected chi connectivity index (χ3v) is 10.2. The Kier molecular flexibility index (Phi) is 4.98. The lowest BCUT2D eigenvalue weighted by Gasteiger charge is -2.62. The molecule has 4 saturated carbocycles. The van der Waals surface area contributed by atoms with Gasteiger partial charge in [0.05, 0.1) is 19.1 Å². The van der Waals surface area contributed by atoms with E-state index in [0.29, 0.717) is 24.2 Å². The van der Waals surface area contributed by atoms with E-state index >= 15 is 0 Å². The molecule has 0 radical (unpaired) electrons. The predicted octanol–water partition coefficient (Wildman–Crippen LogP) is 3.42. The number of methoxy groups -OCH3 is 1. The number of carbonyl (C=O) groups excluding carboxylic acids is 3. The quantitative estimate of drug-likeness (QED) is 0.371. The van der Waals surface area contributed by atoms with Crippen LogP contribution in [0.4, 0.5) is 0 Å². The third-order valence-electron chi connectivity index (χ3n) is 10.2. The maximum atomic E-state index is 12.8. The second-order valence-corrected chi connectivity index (χ2v) is 11.3. The van der Waals surface area contributed by atoms with Crippen molar-refractivity contribution in [2.75, 3.05) is 7.11 Å². The zero-order valence-electron chi connectivity index (χ0n) is 19.8. The fraction of sp³-hybridized carbons (Fsp3) is 0.880. The van der Waals surface area contributed by atoms with Gasteiger partial charge >= 0.3 is 17.9 Å². The highest BCUT2D eigenvalue weighted by Gasteiger charge is 2.84. The number of esters is 3. The molecular weight excluding hydrogens is 412 g/mol. The first kappa shape index (κ1) is 22.2. The van der Waals surface area contributed by atoms with Crippen LogP contribution >= 0.6 is 0 Å². The van der Waals surface area contributed by atoms with Crippen LogP contribution in [0.1, 0.15) is 72.6 Å². The summed E-state index contributed by atoms with van der Waals surface area (Å²) in [5.41, 5.74) is -0.917. The predicted molar refractivity (Wildman–Crippen MR) is 113 cm³/mol. The van der Waals surface area contributed by atoms with Crippen molar-refractivity contribution in [3.63, 3.8) is 0 Å². The molecule has 0 bridgehead atoms. The lowest BCUT2D eigenvalue weighted by Crippen LogP contribution is -2.64. The lowest BCUT2D eigenvalue weighted by atomic mass is 9.43. The van der Waals surface area contributed by atoms with Crippen LogP contribution < -0.4 is 0 Å². The lowest BCUT2D eigenvalue weighted by molar-refractivity contribution is -0.212. The van der Waals surface area contributed by atoms with Crippen LogP contribution in [0.2, 0.25) is 0 Å². The van der Waals surface area contributed by atoms with E-state index in [9.17, 15) is 14.4 Å². The van der Waals surface area contributed by atoms with Crippen LogP contribution in [0.3, 0.4) is 0 Å². The van der Waals surface area contributed by atoms with Gasteiger partial charge in [-0.3, -0.25) is 14.4 Å². The molecule has 5 rings (SSSR count). The van der Waals surface area contributed by atoms with E-state index in [2.05, 4.69) is 13.8 Å². The van der Waals surface area contributed by atoms with Crippen molar-refractivity contribution in [3.05, 3.63) is 0 Å². The van der Waals surface area contributed by atoms with E-state index in [4.69, 9.17) is 18.9 Å². The fourth-order valence-corrected chi connectivity index (χ4v) is 8.81. The van der Waals surface area contributed by atoms with Gasteiger partial charge in [-0.15, -0.1) is 0 Å². The van der Waals surface area contributed by atoms with E-state index in [1.54, 1.807) is 0 Å². The second-order valence-electron chi connectivity index (χ2n) is 11.3. The van der Waals surface area contributed by atoms with Gasteiger partial charge in [-0.2, -0.15) is 0 Å².